The first-order valence-corrected chi connectivity index (χ1v) is 23.5. The molecule has 12 aromatic rings. The zero-order valence-corrected chi connectivity index (χ0v) is 37.6. The molecule has 328 valence electrons. The third-order valence-corrected chi connectivity index (χ3v) is 13.9. The van der Waals surface area contributed by atoms with Crippen molar-refractivity contribution in [3.05, 3.63) is 259 Å². The summed E-state index contributed by atoms with van der Waals surface area (Å²) in [6, 6.07) is 81.9. The second-order valence-corrected chi connectivity index (χ2v) is 17.8. The van der Waals surface area contributed by atoms with Crippen LogP contribution in [0.3, 0.4) is 0 Å². The van der Waals surface area contributed by atoms with Crippen molar-refractivity contribution in [2.75, 3.05) is 0 Å². The van der Waals surface area contributed by atoms with Gasteiger partial charge in [0.1, 0.15) is 11.2 Å². The number of hydrogen-bond acceptors (Lipinski definition) is 6. The van der Waals surface area contributed by atoms with Crippen molar-refractivity contribution in [3.8, 4) is 90.5 Å². The molecule has 0 saturated carbocycles. The van der Waals surface area contributed by atoms with Gasteiger partial charge in [-0.05, 0) is 68.8 Å². The van der Waals surface area contributed by atoms with E-state index in [1.54, 1.807) is 0 Å². The number of ether oxygens (including phenoxy) is 2. The molecule has 1 aliphatic heterocycles. The zero-order chi connectivity index (χ0) is 46.2. The second kappa shape index (κ2) is 15.9. The first-order chi connectivity index (χ1) is 34.7. The number of para-hydroxylation sites is 3. The minimum Gasteiger partial charge on any atom is -0.455 e. The number of aromatic nitrogens is 3. The predicted octanol–water partition coefficient (Wildman–Crippen LogP) is 16.4. The van der Waals surface area contributed by atoms with E-state index in [1.807, 2.05) is 60.7 Å². The van der Waals surface area contributed by atoms with E-state index in [2.05, 4.69) is 176 Å². The second-order valence-electron chi connectivity index (χ2n) is 17.8. The van der Waals surface area contributed by atoms with Crippen LogP contribution in [0, 0.1) is 0 Å². The summed E-state index contributed by atoms with van der Waals surface area (Å²) >= 11 is 0. The van der Waals surface area contributed by atoms with Gasteiger partial charge in [-0.2, -0.15) is 0 Å². The summed E-state index contributed by atoms with van der Waals surface area (Å²) in [5.74, 6) is 4.44. The van der Waals surface area contributed by atoms with Crippen LogP contribution < -0.4 is 9.47 Å². The first-order valence-electron chi connectivity index (χ1n) is 23.5. The van der Waals surface area contributed by atoms with Gasteiger partial charge in [0.05, 0.1) is 5.41 Å². The third kappa shape index (κ3) is 6.24. The molecule has 0 N–H and O–H groups in total. The number of fused-ring (bicyclic) bond motifs is 8. The highest BCUT2D eigenvalue weighted by molar-refractivity contribution is 6.09. The normalized spacial score (nSPS) is 12.9. The van der Waals surface area contributed by atoms with Crippen molar-refractivity contribution in [2.45, 2.75) is 5.41 Å². The van der Waals surface area contributed by atoms with Gasteiger partial charge in [0.15, 0.2) is 40.5 Å². The fraction of sp³-hybridized carbons (Fsp3) is 0.0156. The van der Waals surface area contributed by atoms with Gasteiger partial charge in [0.2, 0.25) is 0 Å². The van der Waals surface area contributed by atoms with Gasteiger partial charge in [-0.1, -0.05) is 212 Å². The molecule has 6 heteroatoms. The monoisotopic (exact) mass is 897 g/mol. The molecular weight excluding hydrogens is 859 g/mol. The summed E-state index contributed by atoms with van der Waals surface area (Å²) in [5.41, 5.74) is 14.9. The van der Waals surface area contributed by atoms with Crippen LogP contribution >= 0.6 is 0 Å². The average molecular weight is 898 g/mol. The van der Waals surface area contributed by atoms with Crippen molar-refractivity contribution >= 4 is 21.9 Å². The Morgan fingerprint density at radius 1 is 0.314 bits per heavy atom. The van der Waals surface area contributed by atoms with Gasteiger partial charge in [-0.15, -0.1) is 0 Å². The quantitative estimate of drug-likeness (QED) is 0.159. The molecule has 14 rings (SSSR count). The molecule has 2 aliphatic rings. The van der Waals surface area contributed by atoms with Crippen molar-refractivity contribution in [1.29, 1.82) is 0 Å². The fourth-order valence-corrected chi connectivity index (χ4v) is 10.7. The van der Waals surface area contributed by atoms with Crippen molar-refractivity contribution < 1.29 is 13.9 Å². The Balaban J connectivity index is 0.812. The van der Waals surface area contributed by atoms with Crippen LogP contribution in [0.1, 0.15) is 22.3 Å². The van der Waals surface area contributed by atoms with Gasteiger partial charge >= 0.3 is 0 Å². The molecule has 0 unspecified atom stereocenters. The molecule has 0 fully saturated rings. The van der Waals surface area contributed by atoms with Crippen molar-refractivity contribution in [3.63, 3.8) is 0 Å². The van der Waals surface area contributed by atoms with Crippen LogP contribution in [-0.4, -0.2) is 15.0 Å². The Morgan fingerprint density at radius 2 is 0.814 bits per heavy atom. The lowest BCUT2D eigenvalue weighted by Gasteiger charge is -2.34. The van der Waals surface area contributed by atoms with Crippen LogP contribution in [0.4, 0.5) is 0 Å². The van der Waals surface area contributed by atoms with E-state index in [0.29, 0.717) is 40.5 Å². The lowest BCUT2D eigenvalue weighted by atomic mass is 9.67. The zero-order valence-electron chi connectivity index (χ0n) is 37.6. The van der Waals surface area contributed by atoms with Gasteiger partial charge in [0, 0.05) is 38.6 Å². The van der Waals surface area contributed by atoms with E-state index >= 15 is 0 Å². The minimum absolute atomic E-state index is 0.547. The Hall–Kier alpha value is -9.39. The van der Waals surface area contributed by atoms with Crippen LogP contribution in [0.2, 0.25) is 0 Å². The maximum absolute atomic E-state index is 6.94. The number of rotatable bonds is 7. The number of hydrogen-bond donors (Lipinski definition) is 0. The maximum Gasteiger partial charge on any atom is 0.177 e. The number of benzene rings is 10. The Morgan fingerprint density at radius 3 is 1.50 bits per heavy atom. The summed E-state index contributed by atoms with van der Waals surface area (Å²) < 4.78 is 20.1. The lowest BCUT2D eigenvalue weighted by molar-refractivity contribution is 0.360. The van der Waals surface area contributed by atoms with Crippen molar-refractivity contribution in [1.82, 2.24) is 15.0 Å². The standard InChI is InChI=1S/C64H39N3O3/c1-4-16-42(17-5-1)61-65-62(43-34-30-40(31-35-43)47-24-14-26-51-50-23-11-13-28-55(50)69-59(47)51)67-63(66-61)44-36-32-41(33-37-44)48-25-15-29-56-60(48)70-57-38-52-49-22-10-12-27-53(49)64(45-18-6-2-7-19-45,46-20-8-3-9-21-46)54(52)39-58(57)68-56/h1-39H. The Bertz CT molecular complexity index is 3940. The van der Waals surface area contributed by atoms with Crippen LogP contribution in [0.15, 0.2) is 241 Å². The molecule has 10 aromatic carbocycles. The summed E-state index contributed by atoms with van der Waals surface area (Å²) in [6.07, 6.45) is 0. The summed E-state index contributed by atoms with van der Waals surface area (Å²) in [4.78, 5) is 15.1. The third-order valence-electron chi connectivity index (χ3n) is 13.9. The number of furan rings is 1. The molecule has 3 heterocycles. The van der Waals surface area contributed by atoms with Crippen LogP contribution in [0.25, 0.3) is 89.5 Å². The average Bonchev–Trinajstić information content (AvgIpc) is 3.96. The molecular formula is C64H39N3O3. The molecule has 0 radical (unpaired) electrons. The molecule has 70 heavy (non-hydrogen) atoms. The topological polar surface area (TPSA) is 70.3 Å². The van der Waals surface area contributed by atoms with E-state index in [9.17, 15) is 0 Å². The Labute approximate surface area is 403 Å². The first kappa shape index (κ1) is 39.7. The van der Waals surface area contributed by atoms with E-state index in [-0.39, 0.29) is 0 Å². The van der Waals surface area contributed by atoms with Gasteiger partial charge in [0.25, 0.3) is 0 Å². The summed E-state index contributed by atoms with van der Waals surface area (Å²) in [5, 5.41) is 2.20. The molecule has 2 aromatic heterocycles. The molecule has 6 nitrogen and oxygen atoms in total. The van der Waals surface area contributed by atoms with E-state index in [0.717, 1.165) is 72.0 Å². The smallest absolute Gasteiger partial charge is 0.177 e. The van der Waals surface area contributed by atoms with E-state index in [1.165, 1.54) is 22.3 Å². The summed E-state index contributed by atoms with van der Waals surface area (Å²) in [7, 11) is 0. The highest BCUT2D eigenvalue weighted by Gasteiger charge is 2.47. The van der Waals surface area contributed by atoms with Crippen LogP contribution in [-0.2, 0) is 5.41 Å². The van der Waals surface area contributed by atoms with E-state index in [4.69, 9.17) is 28.8 Å². The van der Waals surface area contributed by atoms with Gasteiger partial charge in [-0.3, -0.25) is 0 Å². The highest BCUT2D eigenvalue weighted by Crippen LogP contribution is 2.60. The van der Waals surface area contributed by atoms with Crippen LogP contribution in [0.5, 0.6) is 23.0 Å². The minimum atomic E-state index is -0.547. The SMILES string of the molecule is c1ccc(-c2nc(-c3ccc(-c4cccc5c4Oc4cc6c(cc4O5)C(c4ccccc4)(c4ccccc4)c4ccccc4-6)cc3)nc(-c3ccc(-c4cccc5c4oc4ccccc45)cc3)n2)cc1. The Kier molecular flexibility index (Phi) is 9.01. The lowest BCUT2D eigenvalue weighted by Crippen LogP contribution is -2.28. The largest absolute Gasteiger partial charge is 0.455 e. The predicted molar refractivity (Wildman–Crippen MR) is 278 cm³/mol. The van der Waals surface area contributed by atoms with Gasteiger partial charge in [-0.25, -0.2) is 15.0 Å². The van der Waals surface area contributed by atoms with Crippen molar-refractivity contribution in [2.24, 2.45) is 0 Å². The molecule has 0 spiro atoms. The maximum atomic E-state index is 6.94. The molecule has 0 atom stereocenters. The molecule has 0 amide bonds. The van der Waals surface area contributed by atoms with E-state index < -0.39 is 5.41 Å². The molecule has 0 bridgehead atoms. The molecule has 1 aliphatic carbocycles. The molecule has 0 saturated heterocycles. The van der Waals surface area contributed by atoms with Gasteiger partial charge < -0.3 is 13.9 Å². The summed E-state index contributed by atoms with van der Waals surface area (Å²) in [6.45, 7) is 0. The number of nitrogens with zero attached hydrogens (tertiary/aromatic N) is 3. The highest BCUT2D eigenvalue weighted by atomic mass is 16.6. The fourth-order valence-electron chi connectivity index (χ4n) is 10.7.